The SMILES string of the molecule is CCCCCc1ccc(N=Nc2ccc(OCCCCCCCCCCOC(=O)C(C)(C)Br)cc2)cc1. The van der Waals surface area contributed by atoms with E-state index in [-0.39, 0.29) is 5.97 Å². The first-order valence-electron chi connectivity index (χ1n) is 14.0. The molecule has 2 rings (SSSR count). The van der Waals surface area contributed by atoms with Crippen molar-refractivity contribution in [2.75, 3.05) is 13.2 Å². The Bertz CT molecular complexity index is 906. The summed E-state index contributed by atoms with van der Waals surface area (Å²) >= 11 is 3.32. The highest BCUT2D eigenvalue weighted by Gasteiger charge is 2.24. The number of ether oxygens (including phenoxy) is 2. The number of rotatable bonds is 19. The minimum Gasteiger partial charge on any atom is -0.494 e. The zero-order valence-electron chi connectivity index (χ0n) is 23.0. The van der Waals surface area contributed by atoms with Gasteiger partial charge in [-0.1, -0.05) is 86.4 Å². The van der Waals surface area contributed by atoms with Gasteiger partial charge in [0.05, 0.1) is 24.6 Å². The second-order valence-corrected chi connectivity index (χ2v) is 12.1. The molecule has 0 bridgehead atoms. The van der Waals surface area contributed by atoms with Crippen molar-refractivity contribution in [2.24, 2.45) is 10.2 Å². The Kier molecular flexibility index (Phi) is 15.2. The lowest BCUT2D eigenvalue weighted by Gasteiger charge is -2.14. The van der Waals surface area contributed by atoms with E-state index < -0.39 is 4.32 Å². The Hall–Kier alpha value is -2.21. The molecule has 0 radical (unpaired) electrons. The van der Waals surface area contributed by atoms with E-state index in [0.717, 1.165) is 49.4 Å². The summed E-state index contributed by atoms with van der Waals surface area (Å²) < 4.78 is 10.5. The molecule has 6 heteroatoms. The number of carbonyl (C=O) groups excluding carboxylic acids is 1. The normalized spacial score (nSPS) is 11.7. The van der Waals surface area contributed by atoms with Crippen LogP contribution >= 0.6 is 15.9 Å². The zero-order valence-corrected chi connectivity index (χ0v) is 24.6. The van der Waals surface area contributed by atoms with E-state index in [1.54, 1.807) is 13.8 Å². The average Bonchev–Trinajstić information content (AvgIpc) is 2.89. The molecule has 2 aromatic carbocycles. The molecule has 2 aromatic rings. The number of azo groups is 1. The van der Waals surface area contributed by atoms with Crippen molar-refractivity contribution in [3.05, 3.63) is 54.1 Å². The van der Waals surface area contributed by atoms with Gasteiger partial charge in [0.15, 0.2) is 0 Å². The molecule has 37 heavy (non-hydrogen) atoms. The minimum absolute atomic E-state index is 0.189. The molecule has 0 heterocycles. The summed E-state index contributed by atoms with van der Waals surface area (Å²) in [6.45, 7) is 7.09. The minimum atomic E-state index is -0.590. The van der Waals surface area contributed by atoms with Crippen LogP contribution in [-0.4, -0.2) is 23.5 Å². The smallest absolute Gasteiger partial charge is 0.322 e. The molecule has 0 N–H and O–H groups in total. The molecule has 0 aliphatic rings. The van der Waals surface area contributed by atoms with Crippen molar-refractivity contribution in [1.82, 2.24) is 0 Å². The van der Waals surface area contributed by atoms with E-state index in [0.29, 0.717) is 6.61 Å². The van der Waals surface area contributed by atoms with Gasteiger partial charge in [0.1, 0.15) is 10.1 Å². The lowest BCUT2D eigenvalue weighted by molar-refractivity contribution is -0.145. The Morgan fingerprint density at radius 1 is 0.730 bits per heavy atom. The fourth-order valence-electron chi connectivity index (χ4n) is 3.82. The van der Waals surface area contributed by atoms with E-state index >= 15 is 0 Å². The standard InChI is InChI=1S/C31H45BrN2O3/c1-4-5-12-15-26-16-18-27(19-17-26)33-34-28-20-22-29(23-21-28)36-24-13-10-8-6-7-9-11-14-25-37-30(35)31(2,3)32/h16-23H,4-15,24-25H2,1-3H3. The number of esters is 1. The lowest BCUT2D eigenvalue weighted by Crippen LogP contribution is -2.26. The fourth-order valence-corrected chi connectivity index (χ4v) is 3.94. The number of nitrogens with zero attached hydrogens (tertiary/aromatic N) is 2. The number of alkyl halides is 1. The van der Waals surface area contributed by atoms with Gasteiger partial charge >= 0.3 is 5.97 Å². The van der Waals surface area contributed by atoms with Crippen molar-refractivity contribution in [3.63, 3.8) is 0 Å². The maximum absolute atomic E-state index is 11.7. The zero-order chi connectivity index (χ0) is 26.8. The molecule has 0 aromatic heterocycles. The highest BCUT2D eigenvalue weighted by atomic mass is 79.9. The van der Waals surface area contributed by atoms with E-state index in [1.807, 2.05) is 36.4 Å². The molecule has 5 nitrogen and oxygen atoms in total. The summed E-state index contributed by atoms with van der Waals surface area (Å²) in [6.07, 6.45) is 14.1. The molecule has 0 atom stereocenters. The van der Waals surface area contributed by atoms with E-state index in [1.165, 1.54) is 56.9 Å². The van der Waals surface area contributed by atoms with Crippen molar-refractivity contribution >= 4 is 33.3 Å². The number of unbranched alkanes of at least 4 members (excludes halogenated alkanes) is 9. The van der Waals surface area contributed by atoms with Gasteiger partial charge in [-0.3, -0.25) is 4.79 Å². The first-order chi connectivity index (χ1) is 17.9. The average molecular weight is 574 g/mol. The molecular formula is C31H45BrN2O3. The molecule has 204 valence electrons. The van der Waals surface area contributed by atoms with Crippen LogP contribution in [0.15, 0.2) is 58.8 Å². The van der Waals surface area contributed by atoms with Crippen LogP contribution in [0.5, 0.6) is 5.75 Å². The first kappa shape index (κ1) is 31.0. The second kappa shape index (κ2) is 18.1. The predicted molar refractivity (Wildman–Crippen MR) is 157 cm³/mol. The number of halogens is 1. The summed E-state index contributed by atoms with van der Waals surface area (Å²) in [5.74, 6) is 0.685. The highest BCUT2D eigenvalue weighted by Crippen LogP contribution is 2.22. The first-order valence-corrected chi connectivity index (χ1v) is 14.8. The third-order valence-corrected chi connectivity index (χ3v) is 6.47. The maximum Gasteiger partial charge on any atom is 0.322 e. The number of benzene rings is 2. The maximum atomic E-state index is 11.7. The van der Waals surface area contributed by atoms with Crippen LogP contribution in [0.4, 0.5) is 11.4 Å². The van der Waals surface area contributed by atoms with Crippen molar-refractivity contribution in [1.29, 1.82) is 0 Å². The number of aryl methyl sites for hydroxylation is 1. The van der Waals surface area contributed by atoms with Crippen LogP contribution < -0.4 is 4.74 Å². The molecule has 0 spiro atoms. The largest absolute Gasteiger partial charge is 0.494 e. The molecule has 0 aliphatic heterocycles. The van der Waals surface area contributed by atoms with Gasteiger partial charge in [-0.2, -0.15) is 10.2 Å². The van der Waals surface area contributed by atoms with Gasteiger partial charge in [0, 0.05) is 0 Å². The number of hydrogen-bond donors (Lipinski definition) is 0. The summed E-state index contributed by atoms with van der Waals surface area (Å²) in [6, 6.07) is 16.2. The quantitative estimate of drug-likeness (QED) is 0.0727. The van der Waals surface area contributed by atoms with E-state index in [2.05, 4.69) is 45.2 Å². The molecule has 0 fully saturated rings. The highest BCUT2D eigenvalue weighted by molar-refractivity contribution is 9.10. The topological polar surface area (TPSA) is 60.3 Å². The van der Waals surface area contributed by atoms with E-state index in [9.17, 15) is 4.79 Å². The van der Waals surface area contributed by atoms with Gasteiger partial charge in [-0.05, 0) is 81.5 Å². The fraction of sp³-hybridized carbons (Fsp3) is 0.581. The van der Waals surface area contributed by atoms with Crippen LogP contribution in [0.2, 0.25) is 0 Å². The predicted octanol–water partition coefficient (Wildman–Crippen LogP) is 10.1. The Balaban J connectivity index is 1.50. The molecule has 0 saturated heterocycles. The lowest BCUT2D eigenvalue weighted by atomic mass is 10.1. The third kappa shape index (κ3) is 14.3. The van der Waals surface area contributed by atoms with Crippen molar-refractivity contribution in [3.8, 4) is 5.75 Å². The van der Waals surface area contributed by atoms with Gasteiger partial charge < -0.3 is 9.47 Å². The number of hydrogen-bond acceptors (Lipinski definition) is 5. The van der Waals surface area contributed by atoms with Crippen LogP contribution in [0.25, 0.3) is 0 Å². The summed E-state index contributed by atoms with van der Waals surface area (Å²) in [4.78, 5) is 11.7. The molecule has 0 unspecified atom stereocenters. The van der Waals surface area contributed by atoms with E-state index in [4.69, 9.17) is 9.47 Å². The van der Waals surface area contributed by atoms with Gasteiger partial charge in [0.2, 0.25) is 0 Å². The Morgan fingerprint density at radius 2 is 1.24 bits per heavy atom. The molecule has 0 aliphatic carbocycles. The number of carbonyl (C=O) groups is 1. The van der Waals surface area contributed by atoms with Crippen LogP contribution in [-0.2, 0) is 16.0 Å². The van der Waals surface area contributed by atoms with Crippen molar-refractivity contribution < 1.29 is 14.3 Å². The summed E-state index contributed by atoms with van der Waals surface area (Å²) in [7, 11) is 0. The van der Waals surface area contributed by atoms with Crippen LogP contribution in [0.1, 0.15) is 97.0 Å². The van der Waals surface area contributed by atoms with Crippen molar-refractivity contribution in [2.45, 2.75) is 102 Å². The summed E-state index contributed by atoms with van der Waals surface area (Å²) in [5.41, 5.74) is 3.06. The monoisotopic (exact) mass is 572 g/mol. The van der Waals surface area contributed by atoms with Gasteiger partial charge in [-0.15, -0.1) is 0 Å². The van der Waals surface area contributed by atoms with Crippen LogP contribution in [0.3, 0.4) is 0 Å². The third-order valence-electron chi connectivity index (χ3n) is 6.15. The Morgan fingerprint density at radius 3 is 1.78 bits per heavy atom. The van der Waals surface area contributed by atoms with Gasteiger partial charge in [-0.25, -0.2) is 0 Å². The Labute approximate surface area is 232 Å². The van der Waals surface area contributed by atoms with Gasteiger partial charge in [0.25, 0.3) is 0 Å². The second-order valence-electron chi connectivity index (χ2n) is 10.1. The molecule has 0 saturated carbocycles. The summed E-state index contributed by atoms with van der Waals surface area (Å²) in [5, 5.41) is 8.70. The molecule has 0 amide bonds. The molecular weight excluding hydrogens is 528 g/mol. The van der Waals surface area contributed by atoms with Crippen LogP contribution in [0, 0.1) is 0 Å².